The third-order valence-electron chi connectivity index (χ3n) is 4.98. The molecule has 0 aliphatic heterocycles. The Morgan fingerprint density at radius 3 is 2.50 bits per heavy atom. The number of H-pyrrole nitrogens is 1. The molecule has 164 valence electrons. The van der Waals surface area contributed by atoms with Crippen molar-refractivity contribution in [3.8, 4) is 5.69 Å². The van der Waals surface area contributed by atoms with E-state index in [1.54, 1.807) is 49.5 Å². The maximum absolute atomic E-state index is 12.3. The molecule has 9 nitrogen and oxygen atoms in total. The predicted molar refractivity (Wildman–Crippen MR) is 117 cm³/mol. The molecule has 3 N–H and O–H groups in total. The van der Waals surface area contributed by atoms with Crippen LogP contribution in [0.15, 0.2) is 59.5 Å². The van der Waals surface area contributed by atoms with E-state index in [-0.39, 0.29) is 23.2 Å². The highest BCUT2D eigenvalue weighted by atomic mass is 16.5. The summed E-state index contributed by atoms with van der Waals surface area (Å²) < 4.78 is 6.55. The smallest absolute Gasteiger partial charge is 0.338 e. The van der Waals surface area contributed by atoms with Crippen LogP contribution >= 0.6 is 0 Å². The SMILES string of the molecule is Cc1c[nH]c(=O)n1-c1ccc(C(=O)OCC(=O)Nc2cccc(C(=O)NC3CC3)c2)cc1. The summed E-state index contributed by atoms with van der Waals surface area (Å²) in [4.78, 5) is 51.0. The molecule has 0 atom stereocenters. The lowest BCUT2D eigenvalue weighted by molar-refractivity contribution is -0.119. The Balaban J connectivity index is 1.31. The first-order chi connectivity index (χ1) is 15.4. The number of carbonyl (C=O) groups excluding carboxylic acids is 3. The van der Waals surface area contributed by atoms with E-state index in [2.05, 4.69) is 15.6 Å². The number of aryl methyl sites for hydroxylation is 1. The molecule has 3 aromatic rings. The van der Waals surface area contributed by atoms with Crippen LogP contribution in [0.25, 0.3) is 5.69 Å². The van der Waals surface area contributed by atoms with E-state index < -0.39 is 18.5 Å². The van der Waals surface area contributed by atoms with Crippen molar-refractivity contribution >= 4 is 23.5 Å². The summed E-state index contributed by atoms with van der Waals surface area (Å²) >= 11 is 0. The zero-order chi connectivity index (χ0) is 22.7. The summed E-state index contributed by atoms with van der Waals surface area (Å²) in [6, 6.07) is 13.1. The number of benzene rings is 2. The van der Waals surface area contributed by atoms with Crippen LogP contribution in [0.5, 0.6) is 0 Å². The molecule has 1 aliphatic carbocycles. The molecule has 0 radical (unpaired) electrons. The van der Waals surface area contributed by atoms with Gasteiger partial charge in [0.2, 0.25) is 0 Å². The Kier molecular flexibility index (Phi) is 5.89. The highest BCUT2D eigenvalue weighted by Gasteiger charge is 2.23. The molecule has 0 saturated heterocycles. The van der Waals surface area contributed by atoms with Gasteiger partial charge in [-0.05, 0) is 62.2 Å². The number of imidazole rings is 1. The Morgan fingerprint density at radius 2 is 1.84 bits per heavy atom. The van der Waals surface area contributed by atoms with Crippen LogP contribution < -0.4 is 16.3 Å². The fourth-order valence-corrected chi connectivity index (χ4v) is 3.17. The van der Waals surface area contributed by atoms with Gasteiger partial charge in [0.15, 0.2) is 6.61 Å². The molecule has 4 rings (SSSR count). The molecule has 1 aromatic heterocycles. The minimum atomic E-state index is -0.664. The fourth-order valence-electron chi connectivity index (χ4n) is 3.17. The number of aromatic amines is 1. The lowest BCUT2D eigenvalue weighted by Crippen LogP contribution is -2.25. The normalized spacial score (nSPS) is 12.8. The van der Waals surface area contributed by atoms with Gasteiger partial charge >= 0.3 is 11.7 Å². The average molecular weight is 434 g/mol. The van der Waals surface area contributed by atoms with Crippen molar-refractivity contribution in [3.05, 3.63) is 82.0 Å². The molecule has 0 unspecified atom stereocenters. The van der Waals surface area contributed by atoms with Crippen molar-refractivity contribution in [1.29, 1.82) is 0 Å². The molecule has 1 saturated carbocycles. The summed E-state index contributed by atoms with van der Waals surface area (Å²) in [5.41, 5.74) is 2.20. The highest BCUT2D eigenvalue weighted by molar-refractivity contribution is 5.98. The number of nitrogens with one attached hydrogen (secondary N) is 3. The van der Waals surface area contributed by atoms with Gasteiger partial charge in [-0.25, -0.2) is 9.59 Å². The van der Waals surface area contributed by atoms with Crippen LogP contribution in [0, 0.1) is 6.92 Å². The number of aromatic nitrogens is 2. The number of carbonyl (C=O) groups is 3. The van der Waals surface area contributed by atoms with E-state index in [0.29, 0.717) is 16.9 Å². The topological polar surface area (TPSA) is 122 Å². The van der Waals surface area contributed by atoms with E-state index in [4.69, 9.17) is 4.74 Å². The Labute approximate surface area is 183 Å². The van der Waals surface area contributed by atoms with Gasteiger partial charge < -0.3 is 20.4 Å². The summed E-state index contributed by atoms with van der Waals surface area (Å²) in [5, 5.41) is 5.50. The molecule has 9 heteroatoms. The standard InChI is InChI=1S/C23H22N4O5/c1-14-12-24-23(31)27(14)19-9-5-15(6-10-19)22(30)32-13-20(28)25-18-4-2-3-16(11-18)21(29)26-17-7-8-17/h2-6,9-12,17H,7-8,13H2,1H3,(H,24,31)(H,25,28)(H,26,29). The quantitative estimate of drug-likeness (QED) is 0.492. The van der Waals surface area contributed by atoms with Crippen LogP contribution in [-0.2, 0) is 9.53 Å². The van der Waals surface area contributed by atoms with Crippen molar-refractivity contribution in [2.45, 2.75) is 25.8 Å². The second-order valence-corrected chi connectivity index (χ2v) is 7.57. The highest BCUT2D eigenvalue weighted by Crippen LogP contribution is 2.20. The average Bonchev–Trinajstić information content (AvgIpc) is 3.54. The van der Waals surface area contributed by atoms with E-state index in [9.17, 15) is 19.2 Å². The Hall–Kier alpha value is -4.14. The Morgan fingerprint density at radius 1 is 1.09 bits per heavy atom. The molecule has 32 heavy (non-hydrogen) atoms. The van der Waals surface area contributed by atoms with Crippen LogP contribution in [0.4, 0.5) is 5.69 Å². The van der Waals surface area contributed by atoms with Gasteiger partial charge in [-0.15, -0.1) is 0 Å². The number of esters is 1. The van der Waals surface area contributed by atoms with Gasteiger partial charge in [-0.1, -0.05) is 6.07 Å². The molecular weight excluding hydrogens is 412 g/mol. The van der Waals surface area contributed by atoms with Crippen LogP contribution in [-0.4, -0.2) is 40.0 Å². The first-order valence-electron chi connectivity index (χ1n) is 10.2. The largest absolute Gasteiger partial charge is 0.452 e. The molecule has 1 aliphatic rings. The monoisotopic (exact) mass is 434 g/mol. The van der Waals surface area contributed by atoms with Crippen molar-refractivity contribution < 1.29 is 19.1 Å². The number of anilines is 1. The van der Waals surface area contributed by atoms with Gasteiger partial charge in [-0.3, -0.25) is 14.2 Å². The van der Waals surface area contributed by atoms with Crippen molar-refractivity contribution in [2.24, 2.45) is 0 Å². The minimum Gasteiger partial charge on any atom is -0.452 e. The second kappa shape index (κ2) is 8.93. The predicted octanol–water partition coefficient (Wildman–Crippen LogP) is 2.16. The first kappa shape index (κ1) is 21.1. The van der Waals surface area contributed by atoms with Crippen LogP contribution in [0.1, 0.15) is 39.3 Å². The molecule has 0 spiro atoms. The first-order valence-corrected chi connectivity index (χ1v) is 10.2. The fraction of sp³-hybridized carbons (Fsp3) is 0.217. The summed E-state index contributed by atoms with van der Waals surface area (Å²) in [5.74, 6) is -1.37. The van der Waals surface area contributed by atoms with Gasteiger partial charge in [0.25, 0.3) is 11.8 Å². The molecule has 2 amide bonds. The van der Waals surface area contributed by atoms with E-state index in [1.165, 1.54) is 16.7 Å². The summed E-state index contributed by atoms with van der Waals surface area (Å²) in [6.45, 7) is 1.31. The maximum Gasteiger partial charge on any atom is 0.338 e. The van der Waals surface area contributed by atoms with Gasteiger partial charge in [0.05, 0.1) is 11.3 Å². The molecular formula is C23H22N4O5. The van der Waals surface area contributed by atoms with E-state index in [0.717, 1.165) is 18.5 Å². The summed E-state index contributed by atoms with van der Waals surface area (Å²) in [6.07, 6.45) is 3.57. The second-order valence-electron chi connectivity index (χ2n) is 7.57. The van der Waals surface area contributed by atoms with E-state index in [1.807, 2.05) is 0 Å². The lowest BCUT2D eigenvalue weighted by atomic mass is 10.2. The number of amides is 2. The van der Waals surface area contributed by atoms with Crippen molar-refractivity contribution in [1.82, 2.24) is 14.9 Å². The van der Waals surface area contributed by atoms with Crippen molar-refractivity contribution in [2.75, 3.05) is 11.9 Å². The van der Waals surface area contributed by atoms with E-state index >= 15 is 0 Å². The van der Waals surface area contributed by atoms with Crippen LogP contribution in [0.3, 0.4) is 0 Å². The van der Waals surface area contributed by atoms with Gasteiger partial charge in [-0.2, -0.15) is 0 Å². The van der Waals surface area contributed by atoms with Crippen LogP contribution in [0.2, 0.25) is 0 Å². The number of nitrogens with zero attached hydrogens (tertiary/aromatic N) is 1. The van der Waals surface area contributed by atoms with Crippen molar-refractivity contribution in [3.63, 3.8) is 0 Å². The number of hydrogen-bond donors (Lipinski definition) is 3. The molecule has 1 fully saturated rings. The molecule has 2 aromatic carbocycles. The summed E-state index contributed by atoms with van der Waals surface area (Å²) in [7, 11) is 0. The van der Waals surface area contributed by atoms with Gasteiger partial charge in [0.1, 0.15) is 0 Å². The maximum atomic E-state index is 12.3. The third-order valence-corrected chi connectivity index (χ3v) is 4.98. The molecule has 0 bridgehead atoms. The molecule has 1 heterocycles. The third kappa shape index (κ3) is 4.94. The van der Waals surface area contributed by atoms with Gasteiger partial charge in [0, 0.05) is 29.2 Å². The zero-order valence-corrected chi connectivity index (χ0v) is 17.4. The number of ether oxygens (including phenoxy) is 1. The Bertz CT molecular complexity index is 1220. The lowest BCUT2D eigenvalue weighted by Gasteiger charge is -2.09. The number of rotatable bonds is 7. The minimum absolute atomic E-state index is 0.185. The number of hydrogen-bond acceptors (Lipinski definition) is 5. The zero-order valence-electron chi connectivity index (χ0n) is 17.4.